The highest BCUT2D eigenvalue weighted by Crippen LogP contribution is 2.29. The molecule has 1 aromatic carbocycles. The second kappa shape index (κ2) is 10.3. The quantitative estimate of drug-likeness (QED) is 0.531. The number of hydrogen-bond acceptors (Lipinski definition) is 4. The molecule has 0 saturated carbocycles. The van der Waals surface area contributed by atoms with Crippen molar-refractivity contribution in [3.63, 3.8) is 0 Å². The smallest absolute Gasteiger partial charge is 0.339 e. The summed E-state index contributed by atoms with van der Waals surface area (Å²) in [6.45, 7) is 3.41. The van der Waals surface area contributed by atoms with E-state index in [4.69, 9.17) is 0 Å². The molecule has 0 spiro atoms. The van der Waals surface area contributed by atoms with Gasteiger partial charge in [-0.2, -0.15) is 18.3 Å². The number of piperazine rings is 1. The van der Waals surface area contributed by atoms with Crippen molar-refractivity contribution in [3.05, 3.63) is 77.2 Å². The first-order chi connectivity index (χ1) is 16.7. The van der Waals surface area contributed by atoms with Crippen LogP contribution in [0.2, 0.25) is 0 Å². The first-order valence-electron chi connectivity index (χ1n) is 11.4. The minimum atomic E-state index is -4.47. The molecule has 0 N–H and O–H groups in total. The molecule has 0 unspecified atom stereocenters. The Kier molecular flexibility index (Phi) is 7.18. The number of hydrogen-bond donors (Lipinski definition) is 0. The lowest BCUT2D eigenvalue weighted by Crippen LogP contribution is -2.50. The van der Waals surface area contributed by atoms with Gasteiger partial charge >= 0.3 is 6.18 Å². The largest absolute Gasteiger partial charge is 0.417 e. The first-order valence-corrected chi connectivity index (χ1v) is 11.4. The SMILES string of the molecule is Cc1c(C(=O)N2CCN(C(=O)CCCc3ccccc3)CC2)cnn1-c1ccc(C(F)(F)F)cn1. The molecular formula is C25H26F3N5O2. The number of aryl methyl sites for hydroxylation is 1. The number of halogens is 3. The van der Waals surface area contributed by atoms with E-state index in [0.29, 0.717) is 43.9 Å². The summed E-state index contributed by atoms with van der Waals surface area (Å²) in [4.78, 5) is 32.9. The van der Waals surface area contributed by atoms with Gasteiger partial charge in [0.15, 0.2) is 5.82 Å². The maximum absolute atomic E-state index is 13.1. The lowest BCUT2D eigenvalue weighted by molar-refractivity contribution is -0.137. The van der Waals surface area contributed by atoms with Gasteiger partial charge in [0.05, 0.1) is 23.0 Å². The zero-order valence-electron chi connectivity index (χ0n) is 19.3. The van der Waals surface area contributed by atoms with Crippen LogP contribution in [0, 0.1) is 6.92 Å². The molecule has 1 aliphatic rings. The van der Waals surface area contributed by atoms with Crippen LogP contribution in [0.15, 0.2) is 54.9 Å². The van der Waals surface area contributed by atoms with E-state index < -0.39 is 11.7 Å². The highest BCUT2D eigenvalue weighted by Gasteiger charge is 2.31. The van der Waals surface area contributed by atoms with Crippen LogP contribution in [-0.4, -0.2) is 62.6 Å². The molecule has 1 aliphatic heterocycles. The lowest BCUT2D eigenvalue weighted by Gasteiger charge is -2.34. The average Bonchev–Trinajstić information content (AvgIpc) is 3.25. The van der Waals surface area contributed by atoms with Gasteiger partial charge in [-0.05, 0) is 37.5 Å². The van der Waals surface area contributed by atoms with Crippen LogP contribution in [0.1, 0.15) is 40.0 Å². The Bertz CT molecular complexity index is 1170. The van der Waals surface area contributed by atoms with Crippen molar-refractivity contribution in [2.45, 2.75) is 32.4 Å². The van der Waals surface area contributed by atoms with E-state index in [1.807, 2.05) is 30.3 Å². The van der Waals surface area contributed by atoms with E-state index in [2.05, 4.69) is 10.1 Å². The Hall–Kier alpha value is -3.69. The average molecular weight is 486 g/mol. The fourth-order valence-corrected chi connectivity index (χ4v) is 4.11. The number of rotatable bonds is 6. The number of aromatic nitrogens is 3. The van der Waals surface area contributed by atoms with Crippen molar-refractivity contribution in [2.24, 2.45) is 0 Å². The highest BCUT2D eigenvalue weighted by atomic mass is 19.4. The molecule has 7 nitrogen and oxygen atoms in total. The molecule has 2 amide bonds. The van der Waals surface area contributed by atoms with Crippen LogP contribution in [0.5, 0.6) is 0 Å². The van der Waals surface area contributed by atoms with Crippen molar-refractivity contribution in [3.8, 4) is 5.82 Å². The van der Waals surface area contributed by atoms with E-state index in [0.717, 1.165) is 25.1 Å². The van der Waals surface area contributed by atoms with Crippen LogP contribution < -0.4 is 0 Å². The number of nitrogens with zero attached hydrogens (tertiary/aromatic N) is 5. The zero-order chi connectivity index (χ0) is 25.0. The fraction of sp³-hybridized carbons (Fsp3) is 0.360. The minimum Gasteiger partial charge on any atom is -0.339 e. The second-order valence-corrected chi connectivity index (χ2v) is 8.47. The van der Waals surface area contributed by atoms with Crippen molar-refractivity contribution >= 4 is 11.8 Å². The monoisotopic (exact) mass is 485 g/mol. The van der Waals surface area contributed by atoms with Gasteiger partial charge in [-0.25, -0.2) is 9.67 Å². The van der Waals surface area contributed by atoms with E-state index in [9.17, 15) is 22.8 Å². The standard InChI is InChI=1S/C25H26F3N5O2/c1-18-21(17-30-33(18)22-11-10-20(16-29-22)25(26,27)28)24(35)32-14-12-31(13-15-32)23(34)9-5-8-19-6-3-2-4-7-19/h2-4,6-7,10-11,16-17H,5,8-9,12-15H2,1H3. The summed E-state index contributed by atoms with van der Waals surface area (Å²) in [7, 11) is 0. The van der Waals surface area contributed by atoms with Gasteiger partial charge in [0.25, 0.3) is 5.91 Å². The molecule has 3 heterocycles. The molecule has 0 radical (unpaired) electrons. The zero-order valence-corrected chi connectivity index (χ0v) is 19.3. The third kappa shape index (κ3) is 5.70. The minimum absolute atomic E-state index is 0.0883. The van der Waals surface area contributed by atoms with Crippen LogP contribution in [0.25, 0.3) is 5.82 Å². The Labute approximate surface area is 201 Å². The lowest BCUT2D eigenvalue weighted by atomic mass is 10.1. The Morgan fingerprint density at radius 1 is 0.943 bits per heavy atom. The summed E-state index contributed by atoms with van der Waals surface area (Å²) in [6, 6.07) is 12.2. The number of benzene rings is 1. The summed E-state index contributed by atoms with van der Waals surface area (Å²) in [6.07, 6.45) is -0.237. The van der Waals surface area contributed by atoms with Gasteiger partial charge in [0, 0.05) is 38.8 Å². The number of carbonyl (C=O) groups excluding carboxylic acids is 2. The topological polar surface area (TPSA) is 71.3 Å². The molecule has 4 rings (SSSR count). The molecule has 0 aliphatic carbocycles. The highest BCUT2D eigenvalue weighted by molar-refractivity contribution is 5.95. The molecule has 0 bridgehead atoms. The molecule has 184 valence electrons. The predicted molar refractivity (Wildman–Crippen MR) is 123 cm³/mol. The summed E-state index contributed by atoms with van der Waals surface area (Å²) in [5.74, 6) is 0.0581. The third-order valence-corrected chi connectivity index (χ3v) is 6.15. The van der Waals surface area contributed by atoms with Crippen LogP contribution in [0.3, 0.4) is 0 Å². The number of pyridine rings is 1. The summed E-state index contributed by atoms with van der Waals surface area (Å²) in [5, 5.41) is 4.16. The van der Waals surface area contributed by atoms with Crippen LogP contribution >= 0.6 is 0 Å². The normalized spacial score (nSPS) is 14.3. The van der Waals surface area contributed by atoms with Crippen molar-refractivity contribution in [1.82, 2.24) is 24.6 Å². The summed E-state index contributed by atoms with van der Waals surface area (Å²) in [5.41, 5.74) is 1.20. The fourth-order valence-electron chi connectivity index (χ4n) is 4.11. The van der Waals surface area contributed by atoms with Crippen molar-refractivity contribution < 1.29 is 22.8 Å². The van der Waals surface area contributed by atoms with Gasteiger partial charge in [-0.15, -0.1) is 0 Å². The Morgan fingerprint density at radius 2 is 1.63 bits per heavy atom. The Morgan fingerprint density at radius 3 is 2.26 bits per heavy atom. The molecule has 2 aromatic heterocycles. The first kappa shape index (κ1) is 24.4. The molecule has 1 saturated heterocycles. The van der Waals surface area contributed by atoms with Gasteiger partial charge in [-0.3, -0.25) is 9.59 Å². The van der Waals surface area contributed by atoms with Gasteiger partial charge in [-0.1, -0.05) is 30.3 Å². The second-order valence-electron chi connectivity index (χ2n) is 8.47. The van der Waals surface area contributed by atoms with E-state index >= 15 is 0 Å². The molecular weight excluding hydrogens is 459 g/mol. The van der Waals surface area contributed by atoms with Crippen LogP contribution in [0.4, 0.5) is 13.2 Å². The summed E-state index contributed by atoms with van der Waals surface area (Å²) >= 11 is 0. The van der Waals surface area contributed by atoms with Gasteiger partial charge in [0.2, 0.25) is 5.91 Å². The number of carbonyl (C=O) groups is 2. The van der Waals surface area contributed by atoms with E-state index in [1.165, 1.54) is 22.5 Å². The third-order valence-electron chi connectivity index (χ3n) is 6.15. The number of amides is 2. The van der Waals surface area contributed by atoms with E-state index in [-0.39, 0.29) is 17.6 Å². The molecule has 35 heavy (non-hydrogen) atoms. The molecule has 0 atom stereocenters. The van der Waals surface area contributed by atoms with Crippen molar-refractivity contribution in [2.75, 3.05) is 26.2 Å². The van der Waals surface area contributed by atoms with Gasteiger partial charge < -0.3 is 9.80 Å². The van der Waals surface area contributed by atoms with E-state index in [1.54, 1.807) is 16.7 Å². The Balaban J connectivity index is 1.31. The summed E-state index contributed by atoms with van der Waals surface area (Å²) < 4.78 is 39.7. The number of alkyl halides is 3. The van der Waals surface area contributed by atoms with Crippen LogP contribution in [-0.2, 0) is 17.4 Å². The maximum atomic E-state index is 13.1. The molecule has 1 fully saturated rings. The van der Waals surface area contributed by atoms with Gasteiger partial charge in [0.1, 0.15) is 0 Å². The van der Waals surface area contributed by atoms with Crippen molar-refractivity contribution in [1.29, 1.82) is 0 Å². The predicted octanol–water partition coefficient (Wildman–Crippen LogP) is 3.90. The molecule has 3 aromatic rings. The maximum Gasteiger partial charge on any atom is 0.417 e. The molecule has 10 heteroatoms.